The van der Waals surface area contributed by atoms with E-state index in [4.69, 9.17) is 0 Å². The van der Waals surface area contributed by atoms with Crippen LogP contribution in [0.4, 0.5) is 9.52 Å². The van der Waals surface area contributed by atoms with Crippen LogP contribution in [0.15, 0.2) is 29.6 Å². The molecule has 1 N–H and O–H groups in total. The minimum Gasteiger partial charge on any atom is -0.350 e. The number of hydrogen-bond acceptors (Lipinski definition) is 5. The van der Waals surface area contributed by atoms with Gasteiger partial charge in [0.25, 0.3) is 0 Å². The summed E-state index contributed by atoms with van der Waals surface area (Å²) < 4.78 is 37.3. The normalized spacial score (nSPS) is 11.6. The van der Waals surface area contributed by atoms with Crippen molar-refractivity contribution < 1.29 is 12.8 Å². The molecule has 8 heteroatoms. The Morgan fingerprint density at radius 3 is 2.62 bits per heavy atom. The number of sulfonamides is 1. The van der Waals surface area contributed by atoms with Crippen molar-refractivity contribution in [1.82, 2.24) is 9.71 Å². The van der Waals surface area contributed by atoms with Gasteiger partial charge in [0.15, 0.2) is 5.13 Å². The lowest BCUT2D eigenvalue weighted by molar-refractivity contribution is 0.587. The molecule has 0 unspecified atom stereocenters. The van der Waals surface area contributed by atoms with Crippen molar-refractivity contribution in [3.63, 3.8) is 0 Å². The fourth-order valence-electron chi connectivity index (χ4n) is 1.69. The Morgan fingerprint density at radius 1 is 1.33 bits per heavy atom. The van der Waals surface area contributed by atoms with Crippen molar-refractivity contribution in [2.45, 2.75) is 0 Å². The van der Waals surface area contributed by atoms with E-state index in [1.54, 1.807) is 12.1 Å². The molecule has 0 aliphatic heterocycles. The highest BCUT2D eigenvalue weighted by molar-refractivity contribution is 7.88. The number of halogens is 1. The molecule has 0 bridgehead atoms. The molecule has 0 fully saturated rings. The van der Waals surface area contributed by atoms with Crippen LogP contribution < -0.4 is 9.62 Å². The van der Waals surface area contributed by atoms with Crippen LogP contribution >= 0.6 is 11.3 Å². The zero-order valence-corrected chi connectivity index (χ0v) is 13.3. The lowest BCUT2D eigenvalue weighted by Crippen LogP contribution is -2.32. The van der Waals surface area contributed by atoms with E-state index in [2.05, 4.69) is 9.71 Å². The first-order valence-electron chi connectivity index (χ1n) is 6.22. The molecular formula is C13H16FN3O2S2. The Kier molecular flexibility index (Phi) is 4.92. The first-order valence-corrected chi connectivity index (χ1v) is 8.99. The maximum atomic E-state index is 12.9. The molecule has 0 amide bonds. The highest BCUT2D eigenvalue weighted by Gasteiger charge is 2.09. The summed E-state index contributed by atoms with van der Waals surface area (Å²) in [6.45, 7) is 0.838. The average Bonchev–Trinajstić information content (AvgIpc) is 2.87. The monoisotopic (exact) mass is 329 g/mol. The number of hydrogen-bond donors (Lipinski definition) is 1. The van der Waals surface area contributed by atoms with E-state index in [1.165, 1.54) is 23.5 Å². The van der Waals surface area contributed by atoms with Crippen LogP contribution in [0.2, 0.25) is 0 Å². The second-order valence-corrected chi connectivity index (χ2v) is 7.28. The van der Waals surface area contributed by atoms with Gasteiger partial charge in [-0.3, -0.25) is 0 Å². The largest absolute Gasteiger partial charge is 0.350 e. The van der Waals surface area contributed by atoms with Gasteiger partial charge >= 0.3 is 0 Å². The number of nitrogens with zero attached hydrogens (tertiary/aromatic N) is 2. The number of aromatic nitrogens is 1. The van der Waals surface area contributed by atoms with Crippen LogP contribution in [-0.2, 0) is 10.0 Å². The van der Waals surface area contributed by atoms with Gasteiger partial charge < -0.3 is 4.90 Å². The van der Waals surface area contributed by atoms with Crippen molar-refractivity contribution in [2.24, 2.45) is 0 Å². The number of thiazole rings is 1. The maximum absolute atomic E-state index is 12.9. The lowest BCUT2D eigenvalue weighted by atomic mass is 10.2. The first-order chi connectivity index (χ1) is 9.85. The average molecular weight is 329 g/mol. The molecule has 0 saturated heterocycles. The molecular weight excluding hydrogens is 313 g/mol. The Morgan fingerprint density at radius 2 is 2.00 bits per heavy atom. The zero-order valence-electron chi connectivity index (χ0n) is 11.7. The Bertz CT molecular complexity index is 698. The molecule has 1 heterocycles. The van der Waals surface area contributed by atoms with Gasteiger partial charge in [0.05, 0.1) is 11.9 Å². The third-order valence-corrected chi connectivity index (χ3v) is 4.45. The lowest BCUT2D eigenvalue weighted by Gasteiger charge is -2.15. The van der Waals surface area contributed by atoms with Crippen LogP contribution in [0, 0.1) is 5.82 Å². The molecule has 5 nitrogen and oxygen atoms in total. The Balaban J connectivity index is 2.00. The predicted molar refractivity (Wildman–Crippen MR) is 83.6 cm³/mol. The second-order valence-electron chi connectivity index (χ2n) is 4.61. The summed E-state index contributed by atoms with van der Waals surface area (Å²) in [4.78, 5) is 6.34. The number of likely N-dealkylation sites (N-methyl/N-ethyl adjacent to an activating group) is 1. The molecule has 0 radical (unpaired) electrons. The van der Waals surface area contributed by atoms with Gasteiger partial charge in [-0.2, -0.15) is 0 Å². The van der Waals surface area contributed by atoms with Crippen LogP contribution in [-0.4, -0.2) is 39.8 Å². The number of rotatable bonds is 6. The van der Waals surface area contributed by atoms with Gasteiger partial charge in [0, 0.05) is 31.1 Å². The summed E-state index contributed by atoms with van der Waals surface area (Å²) >= 11 is 1.46. The van der Waals surface area contributed by atoms with E-state index in [-0.39, 0.29) is 5.82 Å². The topological polar surface area (TPSA) is 62.3 Å². The molecule has 0 aliphatic carbocycles. The van der Waals surface area contributed by atoms with Crippen LogP contribution in [0.3, 0.4) is 0 Å². The van der Waals surface area contributed by atoms with Crippen molar-refractivity contribution in [2.75, 3.05) is 31.3 Å². The van der Waals surface area contributed by atoms with Gasteiger partial charge in [-0.1, -0.05) is 0 Å². The molecule has 1 aromatic heterocycles. The molecule has 2 aromatic rings. The highest BCUT2D eigenvalue weighted by atomic mass is 32.2. The smallest absolute Gasteiger partial charge is 0.208 e. The third kappa shape index (κ3) is 4.76. The summed E-state index contributed by atoms with van der Waals surface area (Å²) in [5.41, 5.74) is 1.62. The molecule has 21 heavy (non-hydrogen) atoms. The van der Waals surface area contributed by atoms with E-state index in [1.807, 2.05) is 17.3 Å². The first kappa shape index (κ1) is 15.9. The Hall–Kier alpha value is -1.51. The summed E-state index contributed by atoms with van der Waals surface area (Å²) in [7, 11) is -1.33. The minimum absolute atomic E-state index is 0.279. The molecule has 0 spiro atoms. The SMILES string of the molecule is CN(CCNS(C)(=O)=O)c1nc(-c2ccc(F)cc2)cs1. The quantitative estimate of drug-likeness (QED) is 0.880. The molecule has 0 aliphatic rings. The summed E-state index contributed by atoms with van der Waals surface area (Å²) in [6.07, 6.45) is 1.13. The summed E-state index contributed by atoms with van der Waals surface area (Å²) in [6, 6.07) is 6.15. The van der Waals surface area contributed by atoms with Crippen LogP contribution in [0.5, 0.6) is 0 Å². The van der Waals surface area contributed by atoms with Crippen molar-refractivity contribution in [3.05, 3.63) is 35.5 Å². The van der Waals surface area contributed by atoms with E-state index in [9.17, 15) is 12.8 Å². The number of nitrogens with one attached hydrogen (secondary N) is 1. The molecule has 2 rings (SSSR count). The molecule has 1 aromatic carbocycles. The van der Waals surface area contributed by atoms with Crippen molar-refractivity contribution in [1.29, 1.82) is 0 Å². The van der Waals surface area contributed by atoms with Gasteiger partial charge in [0.1, 0.15) is 5.82 Å². The van der Waals surface area contributed by atoms with E-state index >= 15 is 0 Å². The Labute approximate surface area is 127 Å². The second kappa shape index (κ2) is 6.50. The van der Waals surface area contributed by atoms with E-state index in [0.717, 1.165) is 22.6 Å². The zero-order chi connectivity index (χ0) is 15.5. The maximum Gasteiger partial charge on any atom is 0.208 e. The van der Waals surface area contributed by atoms with Gasteiger partial charge in [-0.05, 0) is 24.3 Å². The highest BCUT2D eigenvalue weighted by Crippen LogP contribution is 2.26. The number of anilines is 1. The van der Waals surface area contributed by atoms with Gasteiger partial charge in [-0.15, -0.1) is 11.3 Å². The predicted octanol–water partition coefficient (Wildman–Crippen LogP) is 1.93. The van der Waals surface area contributed by atoms with Crippen molar-refractivity contribution >= 4 is 26.5 Å². The van der Waals surface area contributed by atoms with Crippen molar-refractivity contribution in [3.8, 4) is 11.3 Å². The summed E-state index contributed by atoms with van der Waals surface area (Å²) in [5.74, 6) is -0.279. The van der Waals surface area contributed by atoms with Crippen LogP contribution in [0.25, 0.3) is 11.3 Å². The minimum atomic E-state index is -3.17. The van der Waals surface area contributed by atoms with Crippen LogP contribution in [0.1, 0.15) is 0 Å². The van der Waals surface area contributed by atoms with E-state index in [0.29, 0.717) is 13.1 Å². The molecule has 0 saturated carbocycles. The summed E-state index contributed by atoms with van der Waals surface area (Å²) in [5, 5.41) is 2.67. The fourth-order valence-corrected chi connectivity index (χ4v) is 2.98. The van der Waals surface area contributed by atoms with E-state index < -0.39 is 10.0 Å². The van der Waals surface area contributed by atoms with Gasteiger partial charge in [-0.25, -0.2) is 22.5 Å². The van der Waals surface area contributed by atoms with Gasteiger partial charge in [0.2, 0.25) is 10.0 Å². The molecule has 114 valence electrons. The fraction of sp³-hybridized carbons (Fsp3) is 0.308. The molecule has 0 atom stereocenters. The standard InChI is InChI=1S/C13H16FN3O2S2/c1-17(8-7-15-21(2,18)19)13-16-12(9-20-13)10-3-5-11(14)6-4-10/h3-6,9,15H,7-8H2,1-2H3. The number of benzene rings is 1. The third-order valence-electron chi connectivity index (χ3n) is 2.77.